The Morgan fingerprint density at radius 1 is 1.29 bits per heavy atom. The molecule has 3 atom stereocenters. The summed E-state index contributed by atoms with van der Waals surface area (Å²) in [5, 5.41) is 10.3. The minimum atomic E-state index is -0.361. The van der Waals surface area contributed by atoms with Gasteiger partial charge in [-0.1, -0.05) is 31.5 Å². The van der Waals surface area contributed by atoms with Crippen molar-refractivity contribution >= 4 is 0 Å². The van der Waals surface area contributed by atoms with E-state index in [2.05, 4.69) is 6.92 Å². The molecule has 1 aromatic carbocycles. The minimum absolute atomic E-state index is 0.119. The molecule has 2 nitrogen and oxygen atoms in total. The summed E-state index contributed by atoms with van der Waals surface area (Å²) in [5.74, 6) is 1.43. The highest BCUT2D eigenvalue weighted by Crippen LogP contribution is 2.48. The molecule has 3 rings (SSSR count). The number of ether oxygens (including phenoxy) is 1. The zero-order valence-corrected chi connectivity index (χ0v) is 10.4. The molecule has 3 unspecified atom stereocenters. The average Bonchev–Trinajstić information content (AvgIpc) is 2.33. The van der Waals surface area contributed by atoms with Crippen LogP contribution in [0.15, 0.2) is 24.3 Å². The van der Waals surface area contributed by atoms with E-state index in [9.17, 15) is 5.11 Å². The van der Waals surface area contributed by atoms with Crippen LogP contribution in [0.3, 0.4) is 0 Å². The van der Waals surface area contributed by atoms with Crippen LogP contribution < -0.4 is 4.74 Å². The maximum Gasteiger partial charge on any atom is 0.125 e. The van der Waals surface area contributed by atoms with Crippen LogP contribution in [-0.4, -0.2) is 10.7 Å². The second-order valence-electron chi connectivity index (χ2n) is 5.57. The highest BCUT2D eigenvalue weighted by molar-refractivity contribution is 5.38. The first kappa shape index (κ1) is 11.1. The van der Waals surface area contributed by atoms with Gasteiger partial charge in [-0.05, 0) is 31.2 Å². The maximum atomic E-state index is 10.3. The number of hydrogen-bond donors (Lipinski definition) is 1. The van der Waals surface area contributed by atoms with Crippen LogP contribution in [0.4, 0.5) is 0 Å². The minimum Gasteiger partial charge on any atom is -0.487 e. The van der Waals surface area contributed by atoms with Gasteiger partial charge in [-0.3, -0.25) is 0 Å². The van der Waals surface area contributed by atoms with Crippen molar-refractivity contribution in [2.24, 2.45) is 5.92 Å². The third-order valence-corrected chi connectivity index (χ3v) is 4.52. The van der Waals surface area contributed by atoms with E-state index in [-0.39, 0.29) is 11.7 Å². The Hall–Kier alpha value is -1.02. The molecule has 1 saturated carbocycles. The van der Waals surface area contributed by atoms with E-state index in [4.69, 9.17) is 4.74 Å². The molecule has 1 aliphatic heterocycles. The summed E-state index contributed by atoms with van der Waals surface area (Å²) in [6.07, 6.45) is 5.21. The van der Waals surface area contributed by atoms with Gasteiger partial charge in [-0.15, -0.1) is 0 Å². The van der Waals surface area contributed by atoms with Crippen LogP contribution in [0.25, 0.3) is 0 Å². The molecule has 1 N–H and O–H groups in total. The summed E-state index contributed by atoms with van der Waals surface area (Å²) in [5.41, 5.74) is 0.836. The molecular weight excluding hydrogens is 212 g/mol. The Bertz CT molecular complexity index is 415. The van der Waals surface area contributed by atoms with Crippen molar-refractivity contribution < 1.29 is 9.84 Å². The van der Waals surface area contributed by atoms with Crippen molar-refractivity contribution in [1.29, 1.82) is 0 Å². The van der Waals surface area contributed by atoms with E-state index in [0.717, 1.165) is 24.2 Å². The van der Waals surface area contributed by atoms with Gasteiger partial charge in [0.2, 0.25) is 0 Å². The first-order valence-electron chi connectivity index (χ1n) is 6.67. The van der Waals surface area contributed by atoms with Gasteiger partial charge in [0.25, 0.3) is 0 Å². The van der Waals surface area contributed by atoms with Gasteiger partial charge in [0, 0.05) is 12.0 Å². The summed E-state index contributed by atoms with van der Waals surface area (Å²) in [7, 11) is 0. The van der Waals surface area contributed by atoms with Crippen LogP contribution >= 0.6 is 0 Å². The lowest BCUT2D eigenvalue weighted by Gasteiger charge is -2.47. The Balaban J connectivity index is 1.97. The molecule has 0 radical (unpaired) electrons. The highest BCUT2D eigenvalue weighted by atomic mass is 16.5. The third-order valence-electron chi connectivity index (χ3n) is 4.52. The highest BCUT2D eigenvalue weighted by Gasteiger charge is 2.45. The van der Waals surface area contributed by atoms with Gasteiger partial charge < -0.3 is 9.84 Å². The fourth-order valence-corrected chi connectivity index (χ4v) is 3.39. The Kier molecular flexibility index (Phi) is 2.62. The number of benzene rings is 1. The number of para-hydroxylation sites is 1. The van der Waals surface area contributed by atoms with Gasteiger partial charge in [-0.25, -0.2) is 0 Å². The summed E-state index contributed by atoms with van der Waals surface area (Å²) >= 11 is 0. The molecule has 92 valence electrons. The van der Waals surface area contributed by atoms with Crippen LogP contribution in [0.2, 0.25) is 0 Å². The maximum absolute atomic E-state index is 10.3. The van der Waals surface area contributed by atoms with E-state index < -0.39 is 0 Å². The predicted octanol–water partition coefficient (Wildman–Crippen LogP) is 3.45. The molecule has 2 aliphatic rings. The third kappa shape index (κ3) is 1.75. The number of aliphatic hydroxyl groups excluding tert-OH is 1. The topological polar surface area (TPSA) is 29.5 Å². The second kappa shape index (κ2) is 4.02. The van der Waals surface area contributed by atoms with Crippen molar-refractivity contribution in [3.05, 3.63) is 29.8 Å². The number of rotatable bonds is 0. The molecule has 0 amide bonds. The fraction of sp³-hybridized carbons (Fsp3) is 0.600. The smallest absolute Gasteiger partial charge is 0.125 e. The summed E-state index contributed by atoms with van der Waals surface area (Å²) < 4.78 is 6.28. The van der Waals surface area contributed by atoms with Crippen LogP contribution in [-0.2, 0) is 0 Å². The standard InChI is InChI=1S/C15H20O2/c1-11-6-4-5-9-15(11)10-13(16)12-7-2-3-8-14(12)17-15/h2-3,7-8,11,13,16H,4-6,9-10H2,1H3. The summed E-state index contributed by atoms with van der Waals surface area (Å²) in [4.78, 5) is 0. The molecule has 1 spiro atoms. The molecule has 0 bridgehead atoms. The van der Waals surface area contributed by atoms with Crippen molar-refractivity contribution in [3.8, 4) is 5.75 Å². The largest absolute Gasteiger partial charge is 0.487 e. The van der Waals surface area contributed by atoms with Crippen LogP contribution in [0, 0.1) is 5.92 Å². The number of hydrogen-bond acceptors (Lipinski definition) is 2. The lowest BCUT2D eigenvalue weighted by atomic mass is 9.71. The fourth-order valence-electron chi connectivity index (χ4n) is 3.39. The lowest BCUT2D eigenvalue weighted by Crippen LogP contribution is -2.48. The van der Waals surface area contributed by atoms with E-state index >= 15 is 0 Å². The predicted molar refractivity (Wildman–Crippen MR) is 67.0 cm³/mol. The quantitative estimate of drug-likeness (QED) is 0.742. The Morgan fingerprint density at radius 3 is 2.94 bits per heavy atom. The van der Waals surface area contributed by atoms with Crippen molar-refractivity contribution in [2.45, 2.75) is 50.7 Å². The second-order valence-corrected chi connectivity index (χ2v) is 5.57. The van der Waals surface area contributed by atoms with E-state index in [1.807, 2.05) is 24.3 Å². The first-order valence-corrected chi connectivity index (χ1v) is 6.67. The van der Waals surface area contributed by atoms with Gasteiger partial charge in [0.15, 0.2) is 0 Å². The van der Waals surface area contributed by atoms with Gasteiger partial charge in [-0.2, -0.15) is 0 Å². The monoisotopic (exact) mass is 232 g/mol. The van der Waals surface area contributed by atoms with Crippen LogP contribution in [0.1, 0.15) is 50.7 Å². The Labute approximate surface area is 103 Å². The van der Waals surface area contributed by atoms with Crippen LogP contribution in [0.5, 0.6) is 5.75 Å². The van der Waals surface area contributed by atoms with Gasteiger partial charge in [0.05, 0.1) is 6.10 Å². The molecule has 17 heavy (non-hydrogen) atoms. The summed E-state index contributed by atoms with van der Waals surface area (Å²) in [6.45, 7) is 2.26. The molecule has 1 aromatic rings. The normalized spacial score (nSPS) is 36.4. The van der Waals surface area contributed by atoms with Gasteiger partial charge >= 0.3 is 0 Å². The molecule has 0 aromatic heterocycles. The molecule has 1 fully saturated rings. The molecule has 2 heteroatoms. The first-order chi connectivity index (χ1) is 8.21. The number of fused-ring (bicyclic) bond motifs is 1. The molecular formula is C15H20O2. The van der Waals surface area contributed by atoms with Crippen molar-refractivity contribution in [3.63, 3.8) is 0 Å². The van der Waals surface area contributed by atoms with E-state index in [1.54, 1.807) is 0 Å². The molecule has 1 heterocycles. The zero-order chi connectivity index (χ0) is 11.9. The lowest BCUT2D eigenvalue weighted by molar-refractivity contribution is -0.0717. The van der Waals surface area contributed by atoms with Crippen molar-refractivity contribution in [1.82, 2.24) is 0 Å². The summed E-state index contributed by atoms with van der Waals surface area (Å²) in [6, 6.07) is 7.91. The number of aliphatic hydroxyl groups is 1. The van der Waals surface area contributed by atoms with Crippen molar-refractivity contribution in [2.75, 3.05) is 0 Å². The molecule has 0 saturated heterocycles. The van der Waals surface area contributed by atoms with Gasteiger partial charge in [0.1, 0.15) is 11.4 Å². The zero-order valence-electron chi connectivity index (χ0n) is 10.4. The van der Waals surface area contributed by atoms with E-state index in [0.29, 0.717) is 5.92 Å². The Morgan fingerprint density at radius 2 is 2.12 bits per heavy atom. The molecule has 1 aliphatic carbocycles. The van der Waals surface area contributed by atoms with E-state index in [1.165, 1.54) is 19.3 Å². The average molecular weight is 232 g/mol. The SMILES string of the molecule is CC1CCCCC12CC(O)c1ccccc1O2.